The number of anilines is 1. The molecule has 3 amide bonds. The first-order chi connectivity index (χ1) is 17.1. The summed E-state index contributed by atoms with van der Waals surface area (Å²) in [5.74, 6) is -1.60. The minimum atomic E-state index is -1.14. The molecule has 2 saturated heterocycles. The SMILES string of the molecule is Cc1ccc([C@@H]2CN(Cc3cc(C(=O)O)cs3)C[C@]23C(=O)N(c2cc(Cl)cc(Cl)c2)C(=O)N3C)cc1. The molecule has 1 spiro atoms. The summed E-state index contributed by atoms with van der Waals surface area (Å²) in [4.78, 5) is 44.8. The summed E-state index contributed by atoms with van der Waals surface area (Å²) in [7, 11) is 1.66. The van der Waals surface area contributed by atoms with Crippen molar-refractivity contribution < 1.29 is 19.5 Å². The first-order valence-electron chi connectivity index (χ1n) is 11.3. The molecule has 10 heteroatoms. The number of carboxylic acid groups (broad SMARTS) is 1. The van der Waals surface area contributed by atoms with Crippen molar-refractivity contribution in [3.63, 3.8) is 0 Å². The summed E-state index contributed by atoms with van der Waals surface area (Å²) < 4.78 is 0. The number of rotatable bonds is 5. The molecule has 2 atom stereocenters. The number of amides is 3. The van der Waals surface area contributed by atoms with Crippen LogP contribution in [0.2, 0.25) is 10.0 Å². The van der Waals surface area contributed by atoms with E-state index in [9.17, 15) is 19.5 Å². The normalized spacial score (nSPS) is 22.3. The largest absolute Gasteiger partial charge is 0.478 e. The van der Waals surface area contributed by atoms with Crippen LogP contribution >= 0.6 is 34.5 Å². The summed E-state index contributed by atoms with van der Waals surface area (Å²) >= 11 is 13.8. The second-order valence-electron chi connectivity index (χ2n) is 9.27. The Morgan fingerprint density at radius 3 is 2.39 bits per heavy atom. The van der Waals surface area contributed by atoms with E-state index in [1.54, 1.807) is 36.7 Å². The summed E-state index contributed by atoms with van der Waals surface area (Å²) in [6.45, 7) is 3.30. The maximum Gasteiger partial charge on any atom is 0.336 e. The van der Waals surface area contributed by atoms with Gasteiger partial charge in [0.15, 0.2) is 0 Å². The summed E-state index contributed by atoms with van der Waals surface area (Å²) in [5, 5.41) is 11.6. The third-order valence-electron chi connectivity index (χ3n) is 7.00. The van der Waals surface area contributed by atoms with Crippen molar-refractivity contribution in [2.45, 2.75) is 24.9 Å². The highest BCUT2D eigenvalue weighted by molar-refractivity contribution is 7.10. The molecule has 7 nitrogen and oxygen atoms in total. The molecule has 0 bridgehead atoms. The predicted molar refractivity (Wildman–Crippen MR) is 140 cm³/mol. The summed E-state index contributed by atoms with van der Waals surface area (Å²) in [5.41, 5.74) is 1.48. The lowest BCUT2D eigenvalue weighted by Crippen LogP contribution is -2.53. The zero-order valence-electron chi connectivity index (χ0n) is 19.6. The van der Waals surface area contributed by atoms with E-state index in [0.29, 0.717) is 35.4 Å². The molecule has 2 aliphatic heterocycles. The van der Waals surface area contributed by atoms with Gasteiger partial charge in [-0.3, -0.25) is 9.69 Å². The molecule has 1 aromatic heterocycles. The van der Waals surface area contributed by atoms with E-state index in [1.807, 2.05) is 31.2 Å². The zero-order chi connectivity index (χ0) is 25.8. The Balaban J connectivity index is 1.56. The number of carboxylic acids is 1. The molecule has 2 aromatic carbocycles. The molecule has 186 valence electrons. The van der Waals surface area contributed by atoms with E-state index >= 15 is 0 Å². The fraction of sp³-hybridized carbons (Fsp3) is 0.269. The average molecular weight is 544 g/mol. The van der Waals surface area contributed by atoms with E-state index in [4.69, 9.17) is 23.2 Å². The van der Waals surface area contributed by atoms with Crippen LogP contribution in [0.15, 0.2) is 53.9 Å². The quantitative estimate of drug-likeness (QED) is 0.430. The van der Waals surface area contributed by atoms with Crippen molar-refractivity contribution in [1.82, 2.24) is 9.80 Å². The molecule has 36 heavy (non-hydrogen) atoms. The molecule has 0 aliphatic carbocycles. The number of carbonyl (C=O) groups excluding carboxylic acids is 2. The van der Waals surface area contributed by atoms with Gasteiger partial charge in [-0.15, -0.1) is 11.3 Å². The van der Waals surface area contributed by atoms with E-state index in [2.05, 4.69) is 4.90 Å². The first-order valence-corrected chi connectivity index (χ1v) is 12.9. The highest BCUT2D eigenvalue weighted by Gasteiger charge is 2.64. The number of aromatic carboxylic acids is 1. The van der Waals surface area contributed by atoms with Crippen molar-refractivity contribution in [2.24, 2.45) is 0 Å². The first kappa shape index (κ1) is 24.8. The molecule has 3 heterocycles. The number of imide groups is 1. The number of hydrogen-bond donors (Lipinski definition) is 1. The molecule has 3 aromatic rings. The van der Waals surface area contributed by atoms with Crippen LogP contribution in [0, 0.1) is 6.92 Å². The Morgan fingerprint density at radius 2 is 1.78 bits per heavy atom. The maximum atomic E-state index is 14.2. The monoisotopic (exact) mass is 543 g/mol. The van der Waals surface area contributed by atoms with Gasteiger partial charge in [0.2, 0.25) is 0 Å². The van der Waals surface area contributed by atoms with Gasteiger partial charge >= 0.3 is 12.0 Å². The predicted octanol–water partition coefficient (Wildman–Crippen LogP) is 5.50. The molecular formula is C26H23Cl2N3O4S. The van der Waals surface area contributed by atoms with Crippen molar-refractivity contribution in [2.75, 3.05) is 25.0 Å². The Hall–Kier alpha value is -2.91. The Morgan fingerprint density at radius 1 is 1.11 bits per heavy atom. The van der Waals surface area contributed by atoms with E-state index in [-0.39, 0.29) is 17.4 Å². The smallest absolute Gasteiger partial charge is 0.336 e. The van der Waals surface area contributed by atoms with Gasteiger partial charge < -0.3 is 10.0 Å². The van der Waals surface area contributed by atoms with Gasteiger partial charge in [-0.25, -0.2) is 14.5 Å². The van der Waals surface area contributed by atoms with Crippen molar-refractivity contribution >= 4 is 58.1 Å². The lowest BCUT2D eigenvalue weighted by molar-refractivity contribution is -0.124. The van der Waals surface area contributed by atoms with Gasteiger partial charge in [0, 0.05) is 52.9 Å². The standard InChI is InChI=1S/C26H23Cl2N3O4S/c1-15-3-5-16(6-4-15)22-12-30(11-21-7-17(13-36-21)23(32)33)14-26(22)24(34)31(25(35)29(26)2)20-9-18(27)8-19(28)10-20/h3-10,13,22H,11-12,14H2,1-2H3,(H,32,33)/t22-,26+/m0/s1. The fourth-order valence-electron chi connectivity index (χ4n) is 5.22. The third kappa shape index (κ3) is 4.08. The van der Waals surface area contributed by atoms with E-state index in [1.165, 1.54) is 16.2 Å². The molecular weight excluding hydrogens is 521 g/mol. The van der Waals surface area contributed by atoms with Crippen LogP contribution in [-0.2, 0) is 11.3 Å². The van der Waals surface area contributed by atoms with Crippen molar-refractivity contribution in [3.05, 3.63) is 85.5 Å². The van der Waals surface area contributed by atoms with Gasteiger partial charge in [-0.1, -0.05) is 53.0 Å². The molecule has 0 unspecified atom stereocenters. The van der Waals surface area contributed by atoms with Crippen LogP contribution in [-0.4, -0.2) is 58.5 Å². The Labute approximate surface area is 222 Å². The maximum absolute atomic E-state index is 14.2. The fourth-order valence-corrected chi connectivity index (χ4v) is 6.63. The van der Waals surface area contributed by atoms with E-state index < -0.39 is 17.5 Å². The number of nitrogens with zero attached hydrogens (tertiary/aromatic N) is 3. The Kier molecular flexibility index (Phi) is 6.32. The van der Waals surface area contributed by atoms with Crippen LogP contribution < -0.4 is 4.90 Å². The van der Waals surface area contributed by atoms with Crippen molar-refractivity contribution in [3.8, 4) is 0 Å². The Bertz CT molecular complexity index is 1360. The van der Waals surface area contributed by atoms with Gasteiger partial charge in [0.25, 0.3) is 5.91 Å². The van der Waals surface area contributed by atoms with Crippen LogP contribution in [0.5, 0.6) is 0 Å². The van der Waals surface area contributed by atoms with Gasteiger partial charge in [-0.05, 0) is 36.8 Å². The number of urea groups is 1. The van der Waals surface area contributed by atoms with Crippen LogP contribution in [0.1, 0.15) is 32.3 Å². The number of halogens is 2. The lowest BCUT2D eigenvalue weighted by atomic mass is 9.80. The van der Waals surface area contributed by atoms with Gasteiger partial charge in [-0.2, -0.15) is 0 Å². The highest BCUT2D eigenvalue weighted by Crippen LogP contribution is 2.47. The highest BCUT2D eigenvalue weighted by atomic mass is 35.5. The number of benzene rings is 2. The molecule has 0 radical (unpaired) electrons. The number of likely N-dealkylation sites (tertiary alicyclic amines) is 1. The lowest BCUT2D eigenvalue weighted by Gasteiger charge is -2.34. The number of likely N-dealkylation sites (N-methyl/N-ethyl adjacent to an activating group) is 1. The van der Waals surface area contributed by atoms with Gasteiger partial charge in [0.1, 0.15) is 5.54 Å². The molecule has 5 rings (SSSR count). The average Bonchev–Trinajstić information content (AvgIpc) is 3.48. The topological polar surface area (TPSA) is 81.2 Å². The number of carbonyl (C=O) groups is 3. The minimum Gasteiger partial charge on any atom is -0.478 e. The molecule has 2 aliphatic rings. The number of thiophene rings is 1. The second kappa shape index (κ2) is 9.19. The number of aryl methyl sites for hydroxylation is 1. The molecule has 0 saturated carbocycles. The van der Waals surface area contributed by atoms with Crippen LogP contribution in [0.3, 0.4) is 0 Å². The van der Waals surface area contributed by atoms with Gasteiger partial charge in [0.05, 0.1) is 11.3 Å². The van der Waals surface area contributed by atoms with E-state index in [0.717, 1.165) is 20.9 Å². The number of hydrogen-bond acceptors (Lipinski definition) is 5. The molecule has 2 fully saturated rings. The zero-order valence-corrected chi connectivity index (χ0v) is 21.9. The van der Waals surface area contributed by atoms with Crippen LogP contribution in [0.4, 0.5) is 10.5 Å². The second-order valence-corrected chi connectivity index (χ2v) is 11.1. The minimum absolute atomic E-state index is 0.243. The van der Waals surface area contributed by atoms with Crippen molar-refractivity contribution in [1.29, 1.82) is 0 Å². The summed E-state index contributed by atoms with van der Waals surface area (Å²) in [6.07, 6.45) is 0. The third-order valence-corrected chi connectivity index (χ3v) is 8.36. The summed E-state index contributed by atoms with van der Waals surface area (Å²) in [6, 6.07) is 13.9. The van der Waals surface area contributed by atoms with Crippen LogP contribution in [0.25, 0.3) is 0 Å². The molecule has 1 N–H and O–H groups in total.